The zero-order chi connectivity index (χ0) is 10.7. The molecule has 0 atom stereocenters. The Morgan fingerprint density at radius 2 is 1.50 bits per heavy atom. The average molecular weight is 201 g/mol. The number of carboxylic acids is 2. The maximum absolute atomic E-state index is 10.4. The highest BCUT2D eigenvalue weighted by atomic mass is 16.4. The third-order valence-electron chi connectivity index (χ3n) is 1.89. The lowest BCUT2D eigenvalue weighted by molar-refractivity contribution is -0.138. The molecule has 0 bridgehead atoms. The molecule has 7 nitrogen and oxygen atoms in total. The molecule has 1 heterocycles. The number of carboxylic acid groups (broad SMARTS) is 2. The number of hydrogen-bond acceptors (Lipinski definition) is 3. The number of nitrogens with one attached hydrogen (secondary N) is 1. The van der Waals surface area contributed by atoms with Crippen LogP contribution in [-0.2, 0) is 9.59 Å². The molecule has 1 fully saturated rings. The molecule has 0 radical (unpaired) electrons. The van der Waals surface area contributed by atoms with Gasteiger partial charge >= 0.3 is 11.9 Å². The van der Waals surface area contributed by atoms with Crippen molar-refractivity contribution in [1.29, 1.82) is 5.41 Å². The summed E-state index contributed by atoms with van der Waals surface area (Å²) in [7, 11) is 0. The Bertz CT molecular complexity index is 252. The third kappa shape index (κ3) is 2.35. The molecule has 0 unspecified atom stereocenters. The van der Waals surface area contributed by atoms with E-state index >= 15 is 0 Å². The number of carbonyl (C=O) groups is 2. The largest absolute Gasteiger partial charge is 0.480 e. The number of nitrogens with zero attached hydrogens (tertiary/aromatic N) is 2. The van der Waals surface area contributed by atoms with Crippen molar-refractivity contribution in [3.63, 3.8) is 0 Å². The second-order valence-electron chi connectivity index (χ2n) is 2.95. The highest BCUT2D eigenvalue weighted by molar-refractivity contribution is 5.86. The van der Waals surface area contributed by atoms with Crippen LogP contribution in [0, 0.1) is 5.41 Å². The van der Waals surface area contributed by atoms with Crippen molar-refractivity contribution in [3.8, 4) is 0 Å². The SMILES string of the molecule is N=C1N(CC(=O)O)CCN1CC(=O)O. The molecular formula is C7H11N3O4. The molecular weight excluding hydrogens is 190 g/mol. The van der Waals surface area contributed by atoms with Crippen molar-refractivity contribution in [3.05, 3.63) is 0 Å². The van der Waals surface area contributed by atoms with Gasteiger partial charge in [-0.1, -0.05) is 0 Å². The standard InChI is InChI=1S/C7H11N3O4/c8-7-9(3-5(11)12)1-2-10(7)4-6(13)14/h8H,1-4H2,(H,11,12)(H,13,14). The van der Waals surface area contributed by atoms with E-state index in [1.807, 2.05) is 0 Å². The van der Waals surface area contributed by atoms with E-state index in [0.717, 1.165) is 0 Å². The van der Waals surface area contributed by atoms with E-state index in [2.05, 4.69) is 0 Å². The molecule has 7 heteroatoms. The van der Waals surface area contributed by atoms with Crippen LogP contribution < -0.4 is 0 Å². The average Bonchev–Trinajstić information content (AvgIpc) is 2.34. The fourth-order valence-electron chi connectivity index (χ4n) is 1.29. The summed E-state index contributed by atoms with van der Waals surface area (Å²) in [6, 6.07) is 0. The molecule has 0 aromatic heterocycles. The molecule has 0 saturated carbocycles. The van der Waals surface area contributed by atoms with E-state index < -0.39 is 11.9 Å². The van der Waals surface area contributed by atoms with Crippen LogP contribution in [0.1, 0.15) is 0 Å². The first-order valence-electron chi connectivity index (χ1n) is 4.02. The van der Waals surface area contributed by atoms with Crippen LogP contribution >= 0.6 is 0 Å². The molecule has 0 spiro atoms. The first kappa shape index (κ1) is 10.3. The van der Waals surface area contributed by atoms with Crippen LogP contribution in [0.25, 0.3) is 0 Å². The van der Waals surface area contributed by atoms with Gasteiger partial charge in [0.2, 0.25) is 0 Å². The van der Waals surface area contributed by atoms with Crippen LogP contribution in [-0.4, -0.2) is 64.1 Å². The zero-order valence-electron chi connectivity index (χ0n) is 7.43. The predicted octanol–water partition coefficient (Wildman–Crippen LogP) is -1.29. The van der Waals surface area contributed by atoms with Crippen LogP contribution in [0.2, 0.25) is 0 Å². The predicted molar refractivity (Wildman–Crippen MR) is 46.1 cm³/mol. The third-order valence-corrected chi connectivity index (χ3v) is 1.89. The fourth-order valence-corrected chi connectivity index (χ4v) is 1.29. The molecule has 0 aromatic carbocycles. The van der Waals surface area contributed by atoms with Gasteiger partial charge in [-0.25, -0.2) is 0 Å². The smallest absolute Gasteiger partial charge is 0.323 e. The van der Waals surface area contributed by atoms with Gasteiger partial charge in [0.25, 0.3) is 0 Å². The zero-order valence-corrected chi connectivity index (χ0v) is 7.43. The summed E-state index contributed by atoms with van der Waals surface area (Å²) in [5, 5.41) is 24.4. The number of hydrogen-bond donors (Lipinski definition) is 3. The molecule has 1 aliphatic heterocycles. The molecule has 0 aromatic rings. The maximum atomic E-state index is 10.4. The van der Waals surface area contributed by atoms with E-state index in [-0.39, 0.29) is 19.0 Å². The monoisotopic (exact) mass is 201 g/mol. The van der Waals surface area contributed by atoms with Gasteiger partial charge in [0.15, 0.2) is 5.96 Å². The maximum Gasteiger partial charge on any atom is 0.323 e. The van der Waals surface area contributed by atoms with Crippen LogP contribution in [0.15, 0.2) is 0 Å². The van der Waals surface area contributed by atoms with E-state index in [9.17, 15) is 9.59 Å². The number of rotatable bonds is 4. The Labute approximate surface area is 80.0 Å². The summed E-state index contributed by atoms with van der Waals surface area (Å²) in [5.74, 6) is -2.08. The van der Waals surface area contributed by atoms with E-state index in [0.29, 0.717) is 13.1 Å². The lowest BCUT2D eigenvalue weighted by Crippen LogP contribution is -2.38. The Morgan fingerprint density at radius 3 is 1.79 bits per heavy atom. The molecule has 0 aliphatic carbocycles. The van der Waals surface area contributed by atoms with Gasteiger partial charge in [-0.15, -0.1) is 0 Å². The Kier molecular flexibility index (Phi) is 2.90. The van der Waals surface area contributed by atoms with Gasteiger partial charge in [0, 0.05) is 13.1 Å². The van der Waals surface area contributed by atoms with Gasteiger partial charge in [-0.05, 0) is 0 Å². The minimum Gasteiger partial charge on any atom is -0.480 e. The van der Waals surface area contributed by atoms with E-state index in [1.165, 1.54) is 9.80 Å². The summed E-state index contributed by atoms with van der Waals surface area (Å²) in [5.41, 5.74) is 0. The summed E-state index contributed by atoms with van der Waals surface area (Å²) in [6.45, 7) is 0.265. The molecule has 1 aliphatic rings. The minimum absolute atomic E-state index is 0.0326. The van der Waals surface area contributed by atoms with Crippen LogP contribution in [0.4, 0.5) is 0 Å². The lowest BCUT2D eigenvalue weighted by Gasteiger charge is -2.18. The summed E-state index contributed by atoms with van der Waals surface area (Å²) in [6.07, 6.45) is 0. The minimum atomic E-state index is -1.02. The van der Waals surface area contributed by atoms with Crippen molar-refractivity contribution in [2.24, 2.45) is 0 Å². The van der Waals surface area contributed by atoms with Crippen LogP contribution in [0.5, 0.6) is 0 Å². The van der Waals surface area contributed by atoms with Crippen LogP contribution in [0.3, 0.4) is 0 Å². The first-order chi connectivity index (χ1) is 6.50. The fraction of sp³-hybridized carbons (Fsp3) is 0.571. The molecule has 14 heavy (non-hydrogen) atoms. The van der Waals surface area contributed by atoms with Crippen molar-refractivity contribution >= 4 is 17.9 Å². The van der Waals surface area contributed by atoms with Crippen molar-refractivity contribution in [2.75, 3.05) is 26.2 Å². The first-order valence-corrected chi connectivity index (χ1v) is 4.02. The molecule has 0 amide bonds. The molecule has 78 valence electrons. The Balaban J connectivity index is 2.51. The molecule has 3 N–H and O–H groups in total. The topological polar surface area (TPSA) is 105 Å². The normalized spacial score (nSPS) is 16.1. The Morgan fingerprint density at radius 1 is 1.14 bits per heavy atom. The molecule has 1 rings (SSSR count). The van der Waals surface area contributed by atoms with Gasteiger partial charge in [-0.2, -0.15) is 0 Å². The summed E-state index contributed by atoms with van der Waals surface area (Å²) >= 11 is 0. The highest BCUT2D eigenvalue weighted by Crippen LogP contribution is 2.06. The second-order valence-corrected chi connectivity index (χ2v) is 2.95. The number of guanidine groups is 1. The van der Waals surface area contributed by atoms with Gasteiger partial charge in [0.1, 0.15) is 13.1 Å². The highest BCUT2D eigenvalue weighted by Gasteiger charge is 2.27. The van der Waals surface area contributed by atoms with Crippen molar-refractivity contribution in [1.82, 2.24) is 9.80 Å². The number of aliphatic carboxylic acids is 2. The Hall–Kier alpha value is -1.79. The van der Waals surface area contributed by atoms with Gasteiger partial charge in [0.05, 0.1) is 0 Å². The van der Waals surface area contributed by atoms with Gasteiger partial charge < -0.3 is 20.0 Å². The summed E-state index contributed by atoms with van der Waals surface area (Å²) in [4.78, 5) is 23.4. The van der Waals surface area contributed by atoms with Gasteiger partial charge in [-0.3, -0.25) is 15.0 Å². The summed E-state index contributed by atoms with van der Waals surface area (Å²) < 4.78 is 0. The second kappa shape index (κ2) is 3.95. The van der Waals surface area contributed by atoms with Crippen molar-refractivity contribution in [2.45, 2.75) is 0 Å². The molecule has 1 saturated heterocycles. The lowest BCUT2D eigenvalue weighted by atomic mass is 10.5. The van der Waals surface area contributed by atoms with Crippen molar-refractivity contribution < 1.29 is 19.8 Å². The van der Waals surface area contributed by atoms with E-state index in [4.69, 9.17) is 15.6 Å². The quantitative estimate of drug-likeness (QED) is 0.522. The van der Waals surface area contributed by atoms with E-state index in [1.54, 1.807) is 0 Å².